The number of rotatable bonds is 7. The Morgan fingerprint density at radius 3 is 2.45 bits per heavy atom. The number of hydrogen-bond acceptors (Lipinski definition) is 5. The zero-order chi connectivity index (χ0) is 21.8. The molecule has 0 fully saturated rings. The Bertz CT molecular complexity index is 1250. The third kappa shape index (κ3) is 4.45. The van der Waals surface area contributed by atoms with Gasteiger partial charge < -0.3 is 9.84 Å². The highest BCUT2D eigenvalue weighted by atomic mass is 32.1. The molecule has 4 aromatic rings. The molecule has 5 nitrogen and oxygen atoms in total. The van der Waals surface area contributed by atoms with Gasteiger partial charge in [0.25, 0.3) is 5.56 Å². The molecule has 4 rings (SSSR count). The summed E-state index contributed by atoms with van der Waals surface area (Å²) in [7, 11) is 1.59. The molecule has 0 atom stereocenters. The van der Waals surface area contributed by atoms with Gasteiger partial charge in [0.1, 0.15) is 11.6 Å². The van der Waals surface area contributed by atoms with Crippen molar-refractivity contribution in [2.75, 3.05) is 7.11 Å². The van der Waals surface area contributed by atoms with E-state index in [0.29, 0.717) is 35.6 Å². The number of phenolic OH excluding ortho intramolecular Hbond substituents is 1. The number of para-hydroxylation sites is 1. The second-order valence-electron chi connectivity index (χ2n) is 7.31. The summed E-state index contributed by atoms with van der Waals surface area (Å²) in [6.45, 7) is 2.67. The number of ether oxygens (including phenoxy) is 1. The molecule has 0 aliphatic rings. The Balaban J connectivity index is 1.92. The molecular weight excluding hydrogens is 408 g/mol. The molecule has 0 saturated heterocycles. The molecule has 0 spiro atoms. The van der Waals surface area contributed by atoms with Gasteiger partial charge in [-0.15, -0.1) is 11.3 Å². The first-order valence-electron chi connectivity index (χ1n) is 10.1. The van der Waals surface area contributed by atoms with Crippen LogP contribution >= 0.6 is 11.3 Å². The Hall–Kier alpha value is -3.22. The highest BCUT2D eigenvalue weighted by molar-refractivity contribution is 7.15. The molecule has 0 amide bonds. The van der Waals surface area contributed by atoms with Crippen LogP contribution in [0.3, 0.4) is 0 Å². The molecule has 0 aliphatic carbocycles. The zero-order valence-corrected chi connectivity index (χ0v) is 18.4. The molecule has 2 aromatic heterocycles. The first-order chi connectivity index (χ1) is 15.1. The van der Waals surface area contributed by atoms with Crippen LogP contribution in [0.4, 0.5) is 0 Å². The zero-order valence-electron chi connectivity index (χ0n) is 17.5. The van der Waals surface area contributed by atoms with Crippen LogP contribution in [0.5, 0.6) is 5.75 Å². The van der Waals surface area contributed by atoms with E-state index in [-0.39, 0.29) is 17.9 Å². The largest absolute Gasteiger partial charge is 0.507 e. The first-order valence-corrected chi connectivity index (χ1v) is 10.9. The van der Waals surface area contributed by atoms with Crippen LogP contribution in [0.25, 0.3) is 21.8 Å². The fraction of sp³-hybridized carbons (Fsp3) is 0.200. The molecule has 2 aromatic carbocycles. The molecule has 0 saturated carbocycles. The van der Waals surface area contributed by atoms with Crippen molar-refractivity contribution in [1.29, 1.82) is 0 Å². The molecule has 6 heteroatoms. The number of aryl methyl sites for hydroxylation is 2. The lowest BCUT2D eigenvalue weighted by atomic mass is 10.1. The molecule has 0 aliphatic heterocycles. The molecule has 31 heavy (non-hydrogen) atoms. The standard InChI is InChI=1S/C25H24N2O3S/c1-17-12-13-22(31-17)23-20(16-30-2)26-24(19-10-6-7-11-21(19)28)27(25(23)29)15-14-18-8-4-3-5-9-18/h3-13,28H,14-16H2,1-2H3. The summed E-state index contributed by atoms with van der Waals surface area (Å²) in [5.74, 6) is 0.536. The third-order valence-electron chi connectivity index (χ3n) is 5.12. The number of aromatic nitrogens is 2. The van der Waals surface area contributed by atoms with Gasteiger partial charge in [-0.3, -0.25) is 9.36 Å². The Morgan fingerprint density at radius 2 is 1.77 bits per heavy atom. The summed E-state index contributed by atoms with van der Waals surface area (Å²) in [5.41, 5.74) is 2.67. The van der Waals surface area contributed by atoms with Crippen molar-refractivity contribution in [2.24, 2.45) is 0 Å². The van der Waals surface area contributed by atoms with Crippen LogP contribution in [0.15, 0.2) is 71.5 Å². The minimum atomic E-state index is -0.127. The molecule has 0 unspecified atom stereocenters. The van der Waals surface area contributed by atoms with Crippen molar-refractivity contribution in [2.45, 2.75) is 26.5 Å². The Labute approximate surface area is 185 Å². The van der Waals surface area contributed by atoms with E-state index in [1.165, 1.54) is 0 Å². The topological polar surface area (TPSA) is 64.3 Å². The first kappa shape index (κ1) is 21.0. The van der Waals surface area contributed by atoms with Gasteiger partial charge in [0.15, 0.2) is 0 Å². The SMILES string of the molecule is COCc1nc(-c2ccccc2O)n(CCc2ccccc2)c(=O)c1-c1ccc(C)s1. The van der Waals surface area contributed by atoms with E-state index in [9.17, 15) is 9.90 Å². The van der Waals surface area contributed by atoms with Crippen molar-refractivity contribution < 1.29 is 9.84 Å². The van der Waals surface area contributed by atoms with Crippen LogP contribution in [0.1, 0.15) is 16.1 Å². The quantitative estimate of drug-likeness (QED) is 0.444. The van der Waals surface area contributed by atoms with Gasteiger partial charge in [0, 0.05) is 23.4 Å². The predicted molar refractivity (Wildman–Crippen MR) is 125 cm³/mol. The maximum atomic E-state index is 13.8. The van der Waals surface area contributed by atoms with E-state index in [4.69, 9.17) is 9.72 Å². The van der Waals surface area contributed by atoms with Gasteiger partial charge in [-0.2, -0.15) is 0 Å². The van der Waals surface area contributed by atoms with Crippen molar-refractivity contribution >= 4 is 11.3 Å². The van der Waals surface area contributed by atoms with Crippen molar-refractivity contribution in [3.8, 4) is 27.6 Å². The molecular formula is C25H24N2O3S. The third-order valence-corrected chi connectivity index (χ3v) is 6.14. The number of phenols is 1. The van der Waals surface area contributed by atoms with Crippen LogP contribution in [0.2, 0.25) is 0 Å². The monoisotopic (exact) mass is 432 g/mol. The van der Waals surface area contributed by atoms with Gasteiger partial charge >= 0.3 is 0 Å². The molecule has 2 heterocycles. The van der Waals surface area contributed by atoms with Crippen LogP contribution < -0.4 is 5.56 Å². The number of benzene rings is 2. The predicted octanol–water partition coefficient (Wildman–Crippen LogP) is 5.04. The molecule has 0 bridgehead atoms. The number of thiophene rings is 1. The Morgan fingerprint density at radius 1 is 1.03 bits per heavy atom. The summed E-state index contributed by atoms with van der Waals surface area (Å²) in [5, 5.41) is 10.5. The van der Waals surface area contributed by atoms with Gasteiger partial charge in [-0.05, 0) is 43.2 Å². The summed E-state index contributed by atoms with van der Waals surface area (Å²) >= 11 is 1.56. The van der Waals surface area contributed by atoms with Crippen molar-refractivity contribution in [1.82, 2.24) is 9.55 Å². The average molecular weight is 433 g/mol. The van der Waals surface area contributed by atoms with Gasteiger partial charge in [0.2, 0.25) is 0 Å². The molecule has 0 radical (unpaired) electrons. The van der Waals surface area contributed by atoms with E-state index in [2.05, 4.69) is 0 Å². The van der Waals surface area contributed by atoms with E-state index < -0.39 is 0 Å². The average Bonchev–Trinajstić information content (AvgIpc) is 3.20. The second-order valence-corrected chi connectivity index (χ2v) is 8.60. The van der Waals surface area contributed by atoms with E-state index in [1.54, 1.807) is 41.2 Å². The fourth-order valence-corrected chi connectivity index (χ4v) is 4.54. The summed E-state index contributed by atoms with van der Waals surface area (Å²) < 4.78 is 7.05. The smallest absolute Gasteiger partial charge is 0.262 e. The van der Waals surface area contributed by atoms with E-state index >= 15 is 0 Å². The van der Waals surface area contributed by atoms with Crippen LogP contribution in [-0.4, -0.2) is 21.8 Å². The molecule has 158 valence electrons. The number of methoxy groups -OCH3 is 1. The fourth-order valence-electron chi connectivity index (χ4n) is 3.62. The van der Waals surface area contributed by atoms with Crippen LogP contribution in [-0.2, 0) is 24.3 Å². The lowest BCUT2D eigenvalue weighted by Gasteiger charge is -2.17. The summed E-state index contributed by atoms with van der Waals surface area (Å²) in [6, 6.07) is 21.0. The maximum absolute atomic E-state index is 13.8. The highest BCUT2D eigenvalue weighted by Gasteiger charge is 2.21. The van der Waals surface area contributed by atoms with Gasteiger partial charge in [-0.1, -0.05) is 42.5 Å². The van der Waals surface area contributed by atoms with Gasteiger partial charge in [-0.25, -0.2) is 4.98 Å². The number of aromatic hydroxyl groups is 1. The summed E-state index contributed by atoms with van der Waals surface area (Å²) in [6.07, 6.45) is 0.676. The minimum absolute atomic E-state index is 0.0888. The highest BCUT2D eigenvalue weighted by Crippen LogP contribution is 2.32. The molecule has 1 N–H and O–H groups in total. The van der Waals surface area contributed by atoms with Crippen LogP contribution in [0, 0.1) is 6.92 Å². The van der Waals surface area contributed by atoms with Crippen molar-refractivity contribution in [3.63, 3.8) is 0 Å². The maximum Gasteiger partial charge on any atom is 0.262 e. The number of nitrogens with zero attached hydrogens (tertiary/aromatic N) is 2. The van der Waals surface area contributed by atoms with E-state index in [0.717, 1.165) is 15.3 Å². The minimum Gasteiger partial charge on any atom is -0.507 e. The van der Waals surface area contributed by atoms with Gasteiger partial charge in [0.05, 0.1) is 23.4 Å². The lowest BCUT2D eigenvalue weighted by Crippen LogP contribution is -2.27. The second kappa shape index (κ2) is 9.29. The van der Waals surface area contributed by atoms with Crippen molar-refractivity contribution in [3.05, 3.63) is 93.2 Å². The normalized spacial score (nSPS) is 11.0. The Kier molecular flexibility index (Phi) is 6.30. The summed E-state index contributed by atoms with van der Waals surface area (Å²) in [4.78, 5) is 20.6. The lowest BCUT2D eigenvalue weighted by molar-refractivity contribution is 0.181. The van der Waals surface area contributed by atoms with E-state index in [1.807, 2.05) is 55.5 Å². The number of hydrogen-bond donors (Lipinski definition) is 1.